The van der Waals surface area contributed by atoms with E-state index in [9.17, 15) is 14.4 Å². The van der Waals surface area contributed by atoms with E-state index in [1.165, 1.54) is 116 Å². The van der Waals surface area contributed by atoms with Gasteiger partial charge in [-0.15, -0.1) is 0 Å². The monoisotopic (exact) mass is 1040 g/mol. The fourth-order valence-electron chi connectivity index (χ4n) is 8.60. The number of carbonyl (C=O) groups is 3. The van der Waals surface area contributed by atoms with Gasteiger partial charge < -0.3 is 14.2 Å². The minimum atomic E-state index is -0.806. The lowest BCUT2D eigenvalue weighted by Gasteiger charge is -2.18. The van der Waals surface area contributed by atoms with Crippen molar-refractivity contribution in [1.82, 2.24) is 0 Å². The van der Waals surface area contributed by atoms with Crippen molar-refractivity contribution in [1.29, 1.82) is 0 Å². The van der Waals surface area contributed by atoms with Gasteiger partial charge in [0.1, 0.15) is 13.2 Å². The zero-order valence-corrected chi connectivity index (χ0v) is 49.0. The predicted octanol–water partition coefficient (Wildman–Crippen LogP) is 21.4. The maximum absolute atomic E-state index is 12.9. The largest absolute Gasteiger partial charge is 0.462 e. The van der Waals surface area contributed by atoms with Crippen LogP contribution in [0, 0.1) is 0 Å². The number of hydrogen-bond acceptors (Lipinski definition) is 6. The van der Waals surface area contributed by atoms with Gasteiger partial charge in [-0.25, -0.2) is 0 Å². The second kappa shape index (κ2) is 62.6. The highest BCUT2D eigenvalue weighted by atomic mass is 16.6. The molecule has 1 atom stereocenters. The Balaban J connectivity index is 4.42. The fourth-order valence-corrected chi connectivity index (χ4v) is 8.60. The quantitative estimate of drug-likeness (QED) is 0.0261. The van der Waals surface area contributed by atoms with Crippen molar-refractivity contribution < 1.29 is 28.6 Å². The van der Waals surface area contributed by atoms with Gasteiger partial charge in [0.2, 0.25) is 0 Å². The van der Waals surface area contributed by atoms with Crippen molar-refractivity contribution in [2.75, 3.05) is 13.2 Å². The van der Waals surface area contributed by atoms with Gasteiger partial charge in [-0.1, -0.05) is 259 Å². The van der Waals surface area contributed by atoms with Gasteiger partial charge in [0.25, 0.3) is 0 Å². The Kier molecular flexibility index (Phi) is 59.3. The third-order valence-electron chi connectivity index (χ3n) is 13.2. The molecule has 428 valence electrons. The molecular weight excluding hydrogens is 925 g/mol. The van der Waals surface area contributed by atoms with E-state index in [1.807, 2.05) is 0 Å². The highest BCUT2D eigenvalue weighted by Crippen LogP contribution is 2.15. The SMILES string of the molecule is CC/C=C\C/C=C\C/C=C\C/C=C\C/C=C\CCCCCC(=O)OC(COC(=O)CCCCCCC/C=C\C/C=C\C/C=C\CC)COC(=O)CCCCCCCCCCCCC/C=C\CCCCCCCCCC. The number of hydrogen-bond donors (Lipinski definition) is 0. The predicted molar refractivity (Wildman–Crippen MR) is 325 cm³/mol. The molecule has 0 bridgehead atoms. The number of esters is 3. The summed E-state index contributed by atoms with van der Waals surface area (Å²) in [5.74, 6) is -0.944. The van der Waals surface area contributed by atoms with E-state index in [1.54, 1.807) is 0 Å². The van der Waals surface area contributed by atoms with Gasteiger partial charge in [0, 0.05) is 19.3 Å². The Bertz CT molecular complexity index is 1520. The van der Waals surface area contributed by atoms with Crippen LogP contribution in [-0.4, -0.2) is 37.2 Å². The summed E-state index contributed by atoms with van der Waals surface area (Å²) < 4.78 is 16.9. The molecule has 0 rings (SSSR count). The lowest BCUT2D eigenvalue weighted by atomic mass is 10.0. The van der Waals surface area contributed by atoms with Crippen LogP contribution in [0.2, 0.25) is 0 Å². The summed E-state index contributed by atoms with van der Waals surface area (Å²) in [5.41, 5.74) is 0. The van der Waals surface area contributed by atoms with Crippen LogP contribution in [-0.2, 0) is 28.6 Å². The van der Waals surface area contributed by atoms with Crippen LogP contribution < -0.4 is 0 Å². The van der Waals surface area contributed by atoms with E-state index in [0.717, 1.165) is 135 Å². The average molecular weight is 1040 g/mol. The van der Waals surface area contributed by atoms with Crippen LogP contribution in [0.15, 0.2) is 109 Å². The van der Waals surface area contributed by atoms with Gasteiger partial charge in [-0.05, 0) is 122 Å². The van der Waals surface area contributed by atoms with E-state index in [0.29, 0.717) is 12.8 Å². The first-order valence-electron chi connectivity index (χ1n) is 31.4. The summed E-state index contributed by atoms with van der Waals surface area (Å²) in [6, 6.07) is 0. The van der Waals surface area contributed by atoms with E-state index in [-0.39, 0.29) is 37.5 Å². The van der Waals surface area contributed by atoms with Gasteiger partial charge in [0.05, 0.1) is 0 Å². The van der Waals surface area contributed by atoms with Crippen molar-refractivity contribution >= 4 is 17.9 Å². The van der Waals surface area contributed by atoms with Crippen LogP contribution in [0.25, 0.3) is 0 Å². The third-order valence-corrected chi connectivity index (χ3v) is 13.2. The Morgan fingerprint density at radius 1 is 0.280 bits per heavy atom. The lowest BCUT2D eigenvalue weighted by molar-refractivity contribution is -0.167. The zero-order valence-electron chi connectivity index (χ0n) is 49.0. The molecule has 75 heavy (non-hydrogen) atoms. The molecule has 0 aliphatic rings. The first-order valence-corrected chi connectivity index (χ1v) is 31.4. The number of rotatable bonds is 56. The molecule has 0 fully saturated rings. The van der Waals surface area contributed by atoms with Crippen molar-refractivity contribution in [3.05, 3.63) is 109 Å². The highest BCUT2D eigenvalue weighted by Gasteiger charge is 2.19. The van der Waals surface area contributed by atoms with E-state index >= 15 is 0 Å². The maximum Gasteiger partial charge on any atom is 0.306 e. The molecule has 0 spiro atoms. The normalized spacial score (nSPS) is 12.8. The zero-order chi connectivity index (χ0) is 54.3. The number of allylic oxidation sites excluding steroid dienone is 18. The number of unbranched alkanes of at least 4 members (excludes halogenated alkanes) is 27. The first kappa shape index (κ1) is 71.1. The molecule has 0 aromatic rings. The van der Waals surface area contributed by atoms with E-state index in [4.69, 9.17) is 14.2 Å². The maximum atomic E-state index is 12.9. The van der Waals surface area contributed by atoms with Crippen molar-refractivity contribution in [2.45, 2.75) is 297 Å². The average Bonchev–Trinajstić information content (AvgIpc) is 3.41. The van der Waals surface area contributed by atoms with Crippen LogP contribution in [0.3, 0.4) is 0 Å². The summed E-state index contributed by atoms with van der Waals surface area (Å²) in [6.07, 6.45) is 85.2. The van der Waals surface area contributed by atoms with Crippen molar-refractivity contribution in [2.24, 2.45) is 0 Å². The molecule has 0 saturated carbocycles. The molecule has 0 aromatic carbocycles. The summed E-state index contributed by atoms with van der Waals surface area (Å²) in [5, 5.41) is 0. The van der Waals surface area contributed by atoms with Gasteiger partial charge >= 0.3 is 17.9 Å². The standard InChI is InChI=1S/C69H116O6/c1-4-7-10-13-16-19-22-25-28-30-32-33-34-35-37-38-41-44-47-50-53-56-59-62-68(71)74-65-66(64-73-67(70)61-58-55-52-49-46-43-40-27-24-21-18-15-12-9-6-3)75-69(72)63-60-57-54-51-48-45-42-39-36-31-29-26-23-20-17-14-11-8-5-2/h8-9,11-12,17-18,20-21,26-27,29-30,32,36,39-40,45,48,66H,4-7,10,13-16,19,22-25,28,31,33-35,37-38,41-44,46-47,49-65H2,1-3H3/b11-8-,12-9-,20-17-,21-18-,29-26-,32-30-,39-36-,40-27-,48-45-. The molecule has 6 heteroatoms. The molecule has 0 aliphatic carbocycles. The molecule has 0 amide bonds. The second-order valence-corrected chi connectivity index (χ2v) is 20.5. The molecule has 0 radical (unpaired) electrons. The Morgan fingerprint density at radius 2 is 0.520 bits per heavy atom. The van der Waals surface area contributed by atoms with Crippen molar-refractivity contribution in [3.8, 4) is 0 Å². The summed E-state index contributed by atoms with van der Waals surface area (Å²) in [6.45, 7) is 6.39. The Labute approximate surface area is 463 Å². The lowest BCUT2D eigenvalue weighted by Crippen LogP contribution is -2.30. The number of carbonyl (C=O) groups excluding carboxylic acids is 3. The minimum Gasteiger partial charge on any atom is -0.462 e. The second-order valence-electron chi connectivity index (χ2n) is 20.5. The van der Waals surface area contributed by atoms with Crippen LogP contribution >= 0.6 is 0 Å². The molecule has 0 aromatic heterocycles. The summed E-state index contributed by atoms with van der Waals surface area (Å²) in [4.78, 5) is 38.3. The molecule has 1 unspecified atom stereocenters. The minimum absolute atomic E-state index is 0.0982. The smallest absolute Gasteiger partial charge is 0.306 e. The third kappa shape index (κ3) is 60.8. The number of ether oxygens (including phenoxy) is 3. The first-order chi connectivity index (χ1) is 37.0. The van der Waals surface area contributed by atoms with Crippen LogP contribution in [0.1, 0.15) is 290 Å². The molecule has 6 nitrogen and oxygen atoms in total. The van der Waals surface area contributed by atoms with Gasteiger partial charge in [-0.2, -0.15) is 0 Å². The Morgan fingerprint density at radius 3 is 0.840 bits per heavy atom. The van der Waals surface area contributed by atoms with Gasteiger partial charge in [0.15, 0.2) is 6.10 Å². The van der Waals surface area contributed by atoms with Crippen molar-refractivity contribution in [3.63, 3.8) is 0 Å². The molecule has 0 N–H and O–H groups in total. The van der Waals surface area contributed by atoms with E-state index in [2.05, 4.69) is 130 Å². The summed E-state index contributed by atoms with van der Waals surface area (Å²) >= 11 is 0. The molecule has 0 saturated heterocycles. The Hall–Kier alpha value is -3.93. The molecule has 0 aliphatic heterocycles. The van der Waals surface area contributed by atoms with E-state index < -0.39 is 6.10 Å². The topological polar surface area (TPSA) is 78.9 Å². The molecular formula is C69H116O6. The summed E-state index contributed by atoms with van der Waals surface area (Å²) in [7, 11) is 0. The van der Waals surface area contributed by atoms with Gasteiger partial charge in [-0.3, -0.25) is 14.4 Å². The fraction of sp³-hybridized carbons (Fsp3) is 0.696. The van der Waals surface area contributed by atoms with Crippen LogP contribution in [0.4, 0.5) is 0 Å². The van der Waals surface area contributed by atoms with Crippen LogP contribution in [0.5, 0.6) is 0 Å². The highest BCUT2D eigenvalue weighted by molar-refractivity contribution is 5.71. The molecule has 0 heterocycles.